The van der Waals surface area contributed by atoms with Gasteiger partial charge in [-0.3, -0.25) is 4.79 Å². The van der Waals surface area contributed by atoms with Crippen LogP contribution < -0.4 is 0 Å². The molecule has 4 nitrogen and oxygen atoms in total. The highest BCUT2D eigenvalue weighted by atomic mass is 79.9. The van der Waals surface area contributed by atoms with Crippen LogP contribution in [0.25, 0.3) is 0 Å². The lowest BCUT2D eigenvalue weighted by Crippen LogP contribution is -2.44. The molecule has 0 bridgehead atoms. The van der Waals surface area contributed by atoms with Crippen molar-refractivity contribution < 1.29 is 17.9 Å². The SMILES string of the molecule is CCOC(=O)C(C)(CCc1ccc(Br)cc1C)S(C)(=O)=O. The Hall–Kier alpha value is -0.880. The van der Waals surface area contributed by atoms with Crippen molar-refractivity contribution in [3.63, 3.8) is 0 Å². The van der Waals surface area contributed by atoms with E-state index in [1.165, 1.54) is 6.92 Å². The van der Waals surface area contributed by atoms with E-state index >= 15 is 0 Å². The van der Waals surface area contributed by atoms with Crippen LogP contribution in [0.1, 0.15) is 31.4 Å². The summed E-state index contributed by atoms with van der Waals surface area (Å²) < 4.78 is 28.4. The molecule has 0 aliphatic rings. The number of ether oxygens (including phenoxy) is 1. The maximum atomic E-state index is 12.1. The lowest BCUT2D eigenvalue weighted by Gasteiger charge is -2.25. The van der Waals surface area contributed by atoms with Gasteiger partial charge >= 0.3 is 5.97 Å². The molecule has 1 aromatic carbocycles. The van der Waals surface area contributed by atoms with Crippen LogP contribution in [0.2, 0.25) is 0 Å². The maximum Gasteiger partial charge on any atom is 0.327 e. The summed E-state index contributed by atoms with van der Waals surface area (Å²) in [5.74, 6) is -0.678. The van der Waals surface area contributed by atoms with Crippen molar-refractivity contribution in [3.8, 4) is 0 Å². The van der Waals surface area contributed by atoms with E-state index in [0.717, 1.165) is 21.9 Å². The van der Waals surface area contributed by atoms with Crippen LogP contribution in [0.3, 0.4) is 0 Å². The first-order valence-corrected chi connectivity index (χ1v) is 9.42. The normalized spacial score (nSPS) is 14.5. The van der Waals surface area contributed by atoms with E-state index in [2.05, 4.69) is 15.9 Å². The van der Waals surface area contributed by atoms with E-state index in [4.69, 9.17) is 4.74 Å². The first kappa shape index (κ1) is 18.2. The largest absolute Gasteiger partial charge is 0.465 e. The molecule has 0 spiro atoms. The molecule has 1 atom stereocenters. The molecule has 0 N–H and O–H groups in total. The van der Waals surface area contributed by atoms with Crippen LogP contribution >= 0.6 is 15.9 Å². The average Bonchev–Trinajstić information content (AvgIpc) is 2.36. The number of hydrogen-bond donors (Lipinski definition) is 0. The van der Waals surface area contributed by atoms with Crippen LogP contribution in [0.15, 0.2) is 22.7 Å². The molecule has 0 heterocycles. The summed E-state index contributed by atoms with van der Waals surface area (Å²) >= 11 is 3.39. The second-order valence-electron chi connectivity index (χ2n) is 5.29. The Morgan fingerprint density at radius 3 is 2.48 bits per heavy atom. The lowest BCUT2D eigenvalue weighted by molar-refractivity contribution is -0.146. The van der Waals surface area contributed by atoms with Crippen LogP contribution in [-0.4, -0.2) is 32.0 Å². The Bertz CT molecular complexity index is 625. The van der Waals surface area contributed by atoms with Gasteiger partial charge in [0.15, 0.2) is 14.6 Å². The molecule has 0 amide bonds. The second kappa shape index (κ2) is 6.92. The number of esters is 1. The van der Waals surface area contributed by atoms with Gasteiger partial charge in [-0.15, -0.1) is 0 Å². The molecular weight excluding hydrogens is 356 g/mol. The highest BCUT2D eigenvalue weighted by Crippen LogP contribution is 2.26. The van der Waals surface area contributed by atoms with Crippen LogP contribution in [0.5, 0.6) is 0 Å². The maximum absolute atomic E-state index is 12.1. The molecule has 0 aliphatic carbocycles. The van der Waals surface area contributed by atoms with E-state index < -0.39 is 20.6 Å². The Balaban J connectivity index is 3.01. The molecule has 1 unspecified atom stereocenters. The molecule has 118 valence electrons. The standard InChI is InChI=1S/C15H21BrO4S/c1-5-20-14(17)15(3,21(4,18)19)9-8-12-6-7-13(16)10-11(12)2/h6-7,10H,5,8-9H2,1-4H3. The molecule has 0 aromatic heterocycles. The smallest absolute Gasteiger partial charge is 0.327 e. The van der Waals surface area contributed by atoms with Crippen molar-refractivity contribution in [2.24, 2.45) is 0 Å². The Morgan fingerprint density at radius 1 is 1.38 bits per heavy atom. The van der Waals surface area contributed by atoms with Gasteiger partial charge in [-0.25, -0.2) is 8.42 Å². The van der Waals surface area contributed by atoms with Gasteiger partial charge in [0.25, 0.3) is 0 Å². The molecule has 0 aliphatic heterocycles. The molecule has 0 radical (unpaired) electrons. The summed E-state index contributed by atoms with van der Waals surface area (Å²) in [6.07, 6.45) is 1.78. The minimum Gasteiger partial charge on any atom is -0.465 e. The topological polar surface area (TPSA) is 60.4 Å². The predicted molar refractivity (Wildman–Crippen MR) is 87.1 cm³/mol. The molecule has 6 heteroatoms. The third kappa shape index (κ3) is 4.30. The number of rotatable bonds is 6. The average molecular weight is 377 g/mol. The zero-order valence-electron chi connectivity index (χ0n) is 12.8. The molecular formula is C15H21BrO4S. The van der Waals surface area contributed by atoms with E-state index in [1.54, 1.807) is 6.92 Å². The molecule has 21 heavy (non-hydrogen) atoms. The number of carbonyl (C=O) groups is 1. The van der Waals surface area contributed by atoms with Gasteiger partial charge in [0.05, 0.1) is 6.61 Å². The van der Waals surface area contributed by atoms with Gasteiger partial charge in [0, 0.05) is 10.7 Å². The summed E-state index contributed by atoms with van der Waals surface area (Å²) in [6, 6.07) is 5.81. The number of benzene rings is 1. The Kier molecular flexibility index (Phi) is 5.99. The zero-order chi connectivity index (χ0) is 16.3. The fraction of sp³-hybridized carbons (Fsp3) is 0.533. The minimum atomic E-state index is -3.56. The van der Waals surface area contributed by atoms with Crippen LogP contribution in [0.4, 0.5) is 0 Å². The van der Waals surface area contributed by atoms with Crippen molar-refractivity contribution in [3.05, 3.63) is 33.8 Å². The lowest BCUT2D eigenvalue weighted by atomic mass is 9.97. The van der Waals surface area contributed by atoms with E-state index in [-0.39, 0.29) is 13.0 Å². The van der Waals surface area contributed by atoms with E-state index in [0.29, 0.717) is 6.42 Å². The van der Waals surface area contributed by atoms with Crippen molar-refractivity contribution >= 4 is 31.7 Å². The summed E-state index contributed by atoms with van der Waals surface area (Å²) in [6.45, 7) is 5.23. The van der Waals surface area contributed by atoms with Crippen LogP contribution in [-0.2, 0) is 25.8 Å². The van der Waals surface area contributed by atoms with E-state index in [1.807, 2.05) is 25.1 Å². The van der Waals surface area contributed by atoms with Gasteiger partial charge in [0.2, 0.25) is 0 Å². The summed E-state index contributed by atoms with van der Waals surface area (Å²) in [4.78, 5) is 12.1. The molecule has 1 rings (SSSR count). The first-order chi connectivity index (χ1) is 9.61. The minimum absolute atomic E-state index is 0.168. The Labute approximate surface area is 134 Å². The number of aryl methyl sites for hydroxylation is 2. The van der Waals surface area contributed by atoms with Gasteiger partial charge in [-0.05, 0) is 56.9 Å². The zero-order valence-corrected chi connectivity index (χ0v) is 15.2. The van der Waals surface area contributed by atoms with Crippen molar-refractivity contribution in [1.82, 2.24) is 0 Å². The summed E-state index contributed by atoms with van der Waals surface area (Å²) in [5.41, 5.74) is 2.08. The summed E-state index contributed by atoms with van der Waals surface area (Å²) in [5, 5.41) is 0. The first-order valence-electron chi connectivity index (χ1n) is 6.73. The van der Waals surface area contributed by atoms with Crippen LogP contribution in [0, 0.1) is 6.92 Å². The molecule has 1 aromatic rings. The fourth-order valence-electron chi connectivity index (χ4n) is 2.04. The fourth-order valence-corrected chi connectivity index (χ4v) is 3.35. The van der Waals surface area contributed by atoms with Gasteiger partial charge in [-0.2, -0.15) is 0 Å². The third-order valence-electron chi connectivity index (χ3n) is 3.70. The Morgan fingerprint density at radius 2 is 2.00 bits per heavy atom. The van der Waals surface area contributed by atoms with Gasteiger partial charge < -0.3 is 4.74 Å². The number of carbonyl (C=O) groups excluding carboxylic acids is 1. The summed E-state index contributed by atoms with van der Waals surface area (Å²) in [7, 11) is -3.56. The predicted octanol–water partition coefficient (Wildman–Crippen LogP) is 3.06. The third-order valence-corrected chi connectivity index (χ3v) is 6.20. The quantitative estimate of drug-likeness (QED) is 0.715. The number of halogens is 1. The van der Waals surface area contributed by atoms with Crippen molar-refractivity contribution in [2.45, 2.75) is 38.4 Å². The molecule has 0 fully saturated rings. The second-order valence-corrected chi connectivity index (χ2v) is 8.66. The van der Waals surface area contributed by atoms with Gasteiger partial charge in [-0.1, -0.05) is 22.0 Å². The highest BCUT2D eigenvalue weighted by Gasteiger charge is 2.44. The van der Waals surface area contributed by atoms with Gasteiger partial charge in [0.1, 0.15) is 0 Å². The van der Waals surface area contributed by atoms with Crippen molar-refractivity contribution in [1.29, 1.82) is 0 Å². The van der Waals surface area contributed by atoms with Crippen molar-refractivity contribution in [2.75, 3.05) is 12.9 Å². The molecule has 0 saturated carbocycles. The highest BCUT2D eigenvalue weighted by molar-refractivity contribution is 9.10. The number of sulfone groups is 1. The monoisotopic (exact) mass is 376 g/mol. The number of hydrogen-bond acceptors (Lipinski definition) is 4. The molecule has 0 saturated heterocycles. The van der Waals surface area contributed by atoms with E-state index in [9.17, 15) is 13.2 Å².